The van der Waals surface area contributed by atoms with Crippen molar-refractivity contribution < 1.29 is 9.53 Å². The van der Waals surface area contributed by atoms with E-state index in [0.29, 0.717) is 45.9 Å². The molecular weight excluding hydrogens is 480 g/mol. The van der Waals surface area contributed by atoms with Gasteiger partial charge < -0.3 is 9.64 Å². The highest BCUT2D eigenvalue weighted by Gasteiger charge is 2.33. The van der Waals surface area contributed by atoms with E-state index in [2.05, 4.69) is 4.90 Å². The number of hydrogen-bond donors (Lipinski definition) is 0. The Morgan fingerprint density at radius 1 is 1.11 bits per heavy atom. The van der Waals surface area contributed by atoms with Crippen LogP contribution in [0.5, 0.6) is 0 Å². The Kier molecular flexibility index (Phi) is 6.48. The highest BCUT2D eigenvalue weighted by molar-refractivity contribution is 8.26. The first-order valence-corrected chi connectivity index (χ1v) is 12.8. The molecular formula is C26H26N4O3S2. The molecule has 5 rings (SSSR count). The molecule has 0 aliphatic carbocycles. The lowest BCUT2D eigenvalue weighted by Gasteiger charge is -2.36. The van der Waals surface area contributed by atoms with Gasteiger partial charge in [-0.1, -0.05) is 60.4 Å². The number of pyridine rings is 1. The van der Waals surface area contributed by atoms with E-state index in [9.17, 15) is 9.59 Å². The van der Waals surface area contributed by atoms with Crippen molar-refractivity contribution in [2.75, 3.05) is 18.0 Å². The smallest absolute Gasteiger partial charge is 0.267 e. The minimum Gasteiger partial charge on any atom is -0.372 e. The van der Waals surface area contributed by atoms with Crippen LogP contribution in [0.15, 0.2) is 58.4 Å². The van der Waals surface area contributed by atoms with Crippen LogP contribution >= 0.6 is 24.0 Å². The van der Waals surface area contributed by atoms with Gasteiger partial charge in [-0.15, -0.1) is 0 Å². The molecule has 0 saturated carbocycles. The van der Waals surface area contributed by atoms with Crippen LogP contribution in [-0.2, 0) is 16.1 Å². The predicted molar refractivity (Wildman–Crippen MR) is 144 cm³/mol. The first-order valence-electron chi connectivity index (χ1n) is 11.5. The minimum atomic E-state index is -0.214. The molecule has 180 valence electrons. The third kappa shape index (κ3) is 4.76. The Morgan fingerprint density at radius 2 is 1.83 bits per heavy atom. The number of hydrogen-bond acceptors (Lipinski definition) is 7. The van der Waals surface area contributed by atoms with Gasteiger partial charge >= 0.3 is 0 Å². The van der Waals surface area contributed by atoms with E-state index in [-0.39, 0.29) is 23.7 Å². The van der Waals surface area contributed by atoms with Gasteiger partial charge in [0.2, 0.25) is 0 Å². The van der Waals surface area contributed by atoms with Crippen LogP contribution in [0.4, 0.5) is 5.82 Å². The second kappa shape index (κ2) is 9.56. The van der Waals surface area contributed by atoms with Gasteiger partial charge in [-0.2, -0.15) is 0 Å². The van der Waals surface area contributed by atoms with Crippen molar-refractivity contribution in [3.05, 3.63) is 80.6 Å². The molecule has 35 heavy (non-hydrogen) atoms. The summed E-state index contributed by atoms with van der Waals surface area (Å²) in [6.45, 7) is 7.55. The Hall–Kier alpha value is -3.01. The van der Waals surface area contributed by atoms with Gasteiger partial charge in [-0.25, -0.2) is 4.98 Å². The van der Waals surface area contributed by atoms with Gasteiger partial charge in [0.15, 0.2) is 0 Å². The van der Waals surface area contributed by atoms with Crippen LogP contribution in [0.3, 0.4) is 0 Å². The standard InChI is InChI=1S/C26H26N4O3S2/c1-16-9-10-22-27-23(28-13-17(2)33-18(3)14-28)20(24(31)29(22)12-16)11-21-25(32)30(26(34)35-21)15-19-7-5-4-6-8-19/h4-12,17-18H,13-15H2,1-3H3/b21-11+. The summed E-state index contributed by atoms with van der Waals surface area (Å²) in [6.07, 6.45) is 3.42. The predicted octanol–water partition coefficient (Wildman–Crippen LogP) is 4.02. The Labute approximate surface area is 213 Å². The van der Waals surface area contributed by atoms with Crippen molar-refractivity contribution in [2.24, 2.45) is 0 Å². The zero-order valence-electron chi connectivity index (χ0n) is 19.8. The van der Waals surface area contributed by atoms with E-state index in [1.54, 1.807) is 21.6 Å². The lowest BCUT2D eigenvalue weighted by molar-refractivity contribution is -0.122. The van der Waals surface area contributed by atoms with E-state index in [4.69, 9.17) is 21.9 Å². The number of benzene rings is 1. The summed E-state index contributed by atoms with van der Waals surface area (Å²) in [4.78, 5) is 36.0. The Balaban J connectivity index is 1.59. The largest absolute Gasteiger partial charge is 0.372 e. The van der Waals surface area contributed by atoms with Crippen molar-refractivity contribution in [3.8, 4) is 0 Å². The summed E-state index contributed by atoms with van der Waals surface area (Å²) in [5.41, 5.74) is 2.67. The van der Waals surface area contributed by atoms with Crippen LogP contribution < -0.4 is 10.5 Å². The van der Waals surface area contributed by atoms with E-state index in [1.807, 2.05) is 63.2 Å². The maximum Gasteiger partial charge on any atom is 0.267 e. The minimum absolute atomic E-state index is 0.00560. The van der Waals surface area contributed by atoms with Gasteiger partial charge in [0.1, 0.15) is 15.8 Å². The Morgan fingerprint density at radius 3 is 2.54 bits per heavy atom. The lowest BCUT2D eigenvalue weighted by atomic mass is 10.1. The third-order valence-corrected chi connectivity index (χ3v) is 7.41. The second-order valence-corrected chi connectivity index (χ2v) is 10.7. The number of aryl methyl sites for hydroxylation is 1. The molecule has 2 unspecified atom stereocenters. The number of ether oxygens (including phenoxy) is 1. The Bertz CT molecular complexity index is 1390. The SMILES string of the molecule is Cc1ccc2nc(N3CC(C)OC(C)C3)c(/C=C3/SC(=S)N(Cc4ccccc4)C3=O)c(=O)n2c1. The normalized spacial score (nSPS) is 22.0. The molecule has 2 fully saturated rings. The lowest BCUT2D eigenvalue weighted by Crippen LogP contribution is -2.46. The van der Waals surface area contributed by atoms with Crippen molar-refractivity contribution in [3.63, 3.8) is 0 Å². The summed E-state index contributed by atoms with van der Waals surface area (Å²) >= 11 is 6.75. The molecule has 0 radical (unpaired) electrons. The average molecular weight is 507 g/mol. The van der Waals surface area contributed by atoms with Crippen molar-refractivity contribution >= 4 is 51.7 Å². The zero-order chi connectivity index (χ0) is 24.7. The number of rotatable bonds is 4. The number of nitrogens with zero attached hydrogens (tertiary/aromatic N) is 4. The first-order chi connectivity index (χ1) is 16.8. The number of carbonyl (C=O) groups excluding carboxylic acids is 1. The molecule has 9 heteroatoms. The highest BCUT2D eigenvalue weighted by atomic mass is 32.2. The van der Waals surface area contributed by atoms with E-state index in [0.717, 1.165) is 11.1 Å². The second-order valence-electron chi connectivity index (χ2n) is 9.00. The molecule has 2 saturated heterocycles. The average Bonchev–Trinajstić information content (AvgIpc) is 3.08. The molecule has 2 aliphatic heterocycles. The number of morpholine rings is 1. The molecule has 0 bridgehead atoms. The van der Waals surface area contributed by atoms with E-state index in [1.165, 1.54) is 11.8 Å². The molecule has 0 spiro atoms. The third-order valence-electron chi connectivity index (χ3n) is 6.04. The van der Waals surface area contributed by atoms with Crippen molar-refractivity contribution in [1.29, 1.82) is 0 Å². The van der Waals surface area contributed by atoms with Gasteiger partial charge in [0, 0.05) is 19.3 Å². The number of fused-ring (bicyclic) bond motifs is 1. The van der Waals surface area contributed by atoms with Crippen molar-refractivity contribution in [1.82, 2.24) is 14.3 Å². The summed E-state index contributed by atoms with van der Waals surface area (Å²) in [6, 6.07) is 13.5. The number of amides is 1. The zero-order valence-corrected chi connectivity index (χ0v) is 21.4. The van der Waals surface area contributed by atoms with Gasteiger partial charge in [-0.3, -0.25) is 18.9 Å². The van der Waals surface area contributed by atoms with Crippen LogP contribution in [-0.4, -0.2) is 49.8 Å². The quantitative estimate of drug-likeness (QED) is 0.391. The molecule has 4 heterocycles. The first kappa shape index (κ1) is 23.7. The summed E-state index contributed by atoms with van der Waals surface area (Å²) in [5, 5.41) is 0. The fourth-order valence-electron chi connectivity index (χ4n) is 4.50. The number of thioether (sulfide) groups is 1. The molecule has 1 amide bonds. The van der Waals surface area contributed by atoms with Gasteiger partial charge in [-0.05, 0) is 44.0 Å². The van der Waals surface area contributed by atoms with Crippen LogP contribution in [0, 0.1) is 6.92 Å². The molecule has 3 aromatic rings. The number of thiocarbonyl (C=S) groups is 1. The molecule has 2 aliphatic rings. The van der Waals surface area contributed by atoms with Gasteiger partial charge in [0.05, 0.1) is 29.2 Å². The molecule has 0 N–H and O–H groups in total. The number of anilines is 1. The fourth-order valence-corrected chi connectivity index (χ4v) is 5.74. The summed E-state index contributed by atoms with van der Waals surface area (Å²) in [5.74, 6) is 0.362. The van der Waals surface area contributed by atoms with Crippen LogP contribution in [0.1, 0.15) is 30.5 Å². The molecule has 2 aromatic heterocycles. The van der Waals surface area contributed by atoms with Crippen molar-refractivity contribution in [2.45, 2.75) is 39.5 Å². The van der Waals surface area contributed by atoms with E-state index < -0.39 is 0 Å². The summed E-state index contributed by atoms with van der Waals surface area (Å²) in [7, 11) is 0. The van der Waals surface area contributed by atoms with Crippen LogP contribution in [0.2, 0.25) is 0 Å². The number of carbonyl (C=O) groups is 1. The topological polar surface area (TPSA) is 67.2 Å². The maximum absolute atomic E-state index is 13.7. The van der Waals surface area contributed by atoms with Gasteiger partial charge in [0.25, 0.3) is 11.5 Å². The molecule has 7 nitrogen and oxygen atoms in total. The monoisotopic (exact) mass is 506 g/mol. The highest BCUT2D eigenvalue weighted by Crippen LogP contribution is 2.34. The maximum atomic E-state index is 13.7. The molecule has 2 atom stereocenters. The molecule has 1 aromatic carbocycles. The summed E-state index contributed by atoms with van der Waals surface area (Å²) < 4.78 is 7.92. The van der Waals surface area contributed by atoms with Crippen LogP contribution in [0.25, 0.3) is 11.7 Å². The fraction of sp³-hybridized carbons (Fsp3) is 0.308. The number of aromatic nitrogens is 2. The van der Waals surface area contributed by atoms with E-state index >= 15 is 0 Å².